The summed E-state index contributed by atoms with van der Waals surface area (Å²) < 4.78 is 5.38. The van der Waals surface area contributed by atoms with Crippen molar-refractivity contribution < 1.29 is 9.53 Å². The number of carbonyl (C=O) groups is 1. The number of ether oxygens (including phenoxy) is 1. The summed E-state index contributed by atoms with van der Waals surface area (Å²) in [5.41, 5.74) is 1.15. The number of anilines is 1. The van der Waals surface area contributed by atoms with Gasteiger partial charge in [0.15, 0.2) is 6.61 Å². The molecule has 4 heterocycles. The monoisotopic (exact) mass is 409 g/mol. The number of aromatic nitrogens is 5. The van der Waals surface area contributed by atoms with Gasteiger partial charge < -0.3 is 19.5 Å². The van der Waals surface area contributed by atoms with Gasteiger partial charge >= 0.3 is 6.01 Å². The molecule has 1 N–H and O–H groups in total. The van der Waals surface area contributed by atoms with Gasteiger partial charge in [0.05, 0.1) is 10.9 Å². The quantitative estimate of drug-likeness (QED) is 0.662. The van der Waals surface area contributed by atoms with E-state index in [4.69, 9.17) is 4.74 Å². The van der Waals surface area contributed by atoms with Crippen LogP contribution < -0.4 is 15.2 Å². The largest absolute Gasteiger partial charge is 0.453 e. The fourth-order valence-corrected chi connectivity index (χ4v) is 3.52. The van der Waals surface area contributed by atoms with Gasteiger partial charge in [-0.1, -0.05) is 0 Å². The lowest BCUT2D eigenvalue weighted by molar-refractivity contribution is -0.134. The summed E-state index contributed by atoms with van der Waals surface area (Å²) in [6.07, 6.45) is 6.38. The Morgan fingerprint density at radius 2 is 2.10 bits per heavy atom. The van der Waals surface area contributed by atoms with Gasteiger partial charge in [-0.25, -0.2) is 19.9 Å². The number of H-pyrrole nitrogens is 1. The van der Waals surface area contributed by atoms with Crippen LogP contribution in [0.15, 0.2) is 35.5 Å². The molecule has 3 aromatic heterocycles. The average Bonchev–Trinajstić information content (AvgIpc) is 2.77. The molecule has 1 fully saturated rings. The van der Waals surface area contributed by atoms with E-state index in [1.165, 1.54) is 0 Å². The van der Waals surface area contributed by atoms with E-state index in [1.807, 2.05) is 20.2 Å². The third-order valence-corrected chi connectivity index (χ3v) is 5.08. The zero-order valence-electron chi connectivity index (χ0n) is 16.9. The molecule has 1 amide bonds. The van der Waals surface area contributed by atoms with Crippen molar-refractivity contribution in [3.63, 3.8) is 0 Å². The van der Waals surface area contributed by atoms with Crippen molar-refractivity contribution in [3.05, 3.63) is 46.8 Å². The number of carbonyl (C=O) groups excluding carboxylic acids is 1. The van der Waals surface area contributed by atoms with E-state index < -0.39 is 0 Å². The number of amides is 1. The van der Waals surface area contributed by atoms with Crippen LogP contribution >= 0.6 is 0 Å². The number of pyridine rings is 1. The van der Waals surface area contributed by atoms with E-state index in [1.54, 1.807) is 34.5 Å². The molecule has 1 aliphatic rings. The van der Waals surface area contributed by atoms with Crippen molar-refractivity contribution in [2.75, 3.05) is 38.7 Å². The summed E-state index contributed by atoms with van der Waals surface area (Å²) >= 11 is 0. The topological polar surface area (TPSA) is 117 Å². The van der Waals surface area contributed by atoms with Crippen molar-refractivity contribution in [2.24, 2.45) is 0 Å². The van der Waals surface area contributed by atoms with Crippen LogP contribution in [0.5, 0.6) is 6.01 Å². The Kier molecular flexibility index (Phi) is 5.55. The molecule has 0 bridgehead atoms. The van der Waals surface area contributed by atoms with Crippen LogP contribution in [0.4, 0.5) is 5.95 Å². The fourth-order valence-electron chi connectivity index (χ4n) is 3.52. The number of nitrogens with one attached hydrogen (secondary N) is 1. The first-order chi connectivity index (χ1) is 14.5. The lowest BCUT2D eigenvalue weighted by Gasteiger charge is -2.32. The molecule has 30 heavy (non-hydrogen) atoms. The maximum atomic E-state index is 12.6. The van der Waals surface area contributed by atoms with Gasteiger partial charge in [-0.2, -0.15) is 0 Å². The van der Waals surface area contributed by atoms with Crippen molar-refractivity contribution in [3.8, 4) is 6.01 Å². The predicted octanol–water partition coefficient (Wildman–Crippen LogP) is 0.959. The first-order valence-corrected chi connectivity index (χ1v) is 9.76. The standard InChI is InChI=1S/C20H23N7O3/c1-26(2)19-23-10-14-16(25-19)9-15(24-18(14)29)13-5-3-8-27(11-13)17(28)12-30-20-21-6-4-7-22-20/h4,6-7,9-10,13H,3,5,8,11-12H2,1-2H3,(H,24,29)/t13-/m0/s1. The summed E-state index contributed by atoms with van der Waals surface area (Å²) in [5, 5.41) is 0.448. The molecule has 0 saturated carbocycles. The maximum absolute atomic E-state index is 12.6. The average molecular weight is 409 g/mol. The molecule has 3 aromatic rings. The Labute approximate surface area is 173 Å². The minimum atomic E-state index is -0.221. The van der Waals surface area contributed by atoms with Crippen LogP contribution in [0, 0.1) is 0 Å². The molecule has 1 atom stereocenters. The number of nitrogens with zero attached hydrogens (tertiary/aromatic N) is 6. The summed E-state index contributed by atoms with van der Waals surface area (Å²) in [5.74, 6) is 0.429. The number of hydrogen-bond donors (Lipinski definition) is 1. The zero-order valence-corrected chi connectivity index (χ0v) is 16.9. The van der Waals surface area contributed by atoms with E-state index >= 15 is 0 Å². The lowest BCUT2D eigenvalue weighted by atomic mass is 9.94. The molecule has 4 rings (SSSR count). The summed E-state index contributed by atoms with van der Waals surface area (Å²) in [6.45, 7) is 1.04. The van der Waals surface area contributed by atoms with Gasteiger partial charge in [-0.15, -0.1) is 0 Å². The van der Waals surface area contributed by atoms with Crippen LogP contribution in [-0.4, -0.2) is 69.5 Å². The van der Waals surface area contributed by atoms with Gasteiger partial charge in [0.2, 0.25) is 5.95 Å². The van der Waals surface area contributed by atoms with Crippen molar-refractivity contribution in [1.29, 1.82) is 0 Å². The normalized spacial score (nSPS) is 16.5. The second-order valence-corrected chi connectivity index (χ2v) is 7.42. The molecule has 0 aromatic carbocycles. The van der Waals surface area contributed by atoms with E-state index in [-0.39, 0.29) is 30.0 Å². The smallest absolute Gasteiger partial charge is 0.316 e. The Hall–Kier alpha value is -3.56. The highest BCUT2D eigenvalue weighted by Crippen LogP contribution is 2.26. The molecule has 10 heteroatoms. The number of likely N-dealkylation sites (tertiary alicyclic amines) is 1. The van der Waals surface area contributed by atoms with E-state index in [0.717, 1.165) is 18.5 Å². The highest BCUT2D eigenvalue weighted by Gasteiger charge is 2.26. The predicted molar refractivity (Wildman–Crippen MR) is 111 cm³/mol. The van der Waals surface area contributed by atoms with Gasteiger partial charge in [-0.3, -0.25) is 9.59 Å². The SMILES string of the molecule is CN(C)c1ncc2c(=O)[nH]c([C@H]3CCCN(C(=O)COc4ncccn4)C3)cc2n1. The first-order valence-electron chi connectivity index (χ1n) is 9.76. The van der Waals surface area contributed by atoms with Crippen LogP contribution in [0.1, 0.15) is 24.5 Å². The second-order valence-electron chi connectivity index (χ2n) is 7.42. The summed E-state index contributed by atoms with van der Waals surface area (Å²) in [7, 11) is 3.70. The first kappa shape index (κ1) is 19.7. The van der Waals surface area contributed by atoms with Crippen LogP contribution in [0.3, 0.4) is 0 Å². The Bertz CT molecular complexity index is 1100. The van der Waals surface area contributed by atoms with Crippen molar-refractivity contribution >= 4 is 22.8 Å². The summed E-state index contributed by atoms with van der Waals surface area (Å²) in [4.78, 5) is 48.2. The maximum Gasteiger partial charge on any atom is 0.316 e. The summed E-state index contributed by atoms with van der Waals surface area (Å²) in [6, 6.07) is 3.74. The Morgan fingerprint density at radius 3 is 2.87 bits per heavy atom. The number of piperidine rings is 1. The second kappa shape index (κ2) is 8.44. The number of rotatable bonds is 5. The molecule has 10 nitrogen and oxygen atoms in total. The molecular weight excluding hydrogens is 386 g/mol. The Morgan fingerprint density at radius 1 is 1.30 bits per heavy atom. The van der Waals surface area contributed by atoms with Gasteiger partial charge in [0.25, 0.3) is 11.5 Å². The molecule has 0 radical (unpaired) electrons. The minimum Gasteiger partial charge on any atom is -0.453 e. The van der Waals surface area contributed by atoms with E-state index in [2.05, 4.69) is 24.9 Å². The van der Waals surface area contributed by atoms with Crippen LogP contribution in [0.25, 0.3) is 10.9 Å². The molecule has 1 saturated heterocycles. The lowest BCUT2D eigenvalue weighted by Crippen LogP contribution is -2.42. The molecule has 0 unspecified atom stereocenters. The molecule has 156 valence electrons. The highest BCUT2D eigenvalue weighted by atomic mass is 16.5. The number of fused-ring (bicyclic) bond motifs is 1. The minimum absolute atomic E-state index is 0.0190. The van der Waals surface area contributed by atoms with E-state index in [9.17, 15) is 9.59 Å². The number of aromatic amines is 1. The zero-order chi connectivity index (χ0) is 21.1. The molecule has 0 aliphatic carbocycles. The Balaban J connectivity index is 1.50. The van der Waals surface area contributed by atoms with Gasteiger partial charge in [0, 0.05) is 57.4 Å². The third kappa shape index (κ3) is 4.22. The molecule has 1 aliphatic heterocycles. The van der Waals surface area contributed by atoms with Crippen molar-refractivity contribution in [1.82, 2.24) is 29.8 Å². The van der Waals surface area contributed by atoms with E-state index in [0.29, 0.717) is 29.9 Å². The molecule has 0 spiro atoms. The van der Waals surface area contributed by atoms with Crippen LogP contribution in [0.2, 0.25) is 0 Å². The van der Waals surface area contributed by atoms with Gasteiger partial charge in [-0.05, 0) is 25.0 Å². The van der Waals surface area contributed by atoms with Gasteiger partial charge in [0.1, 0.15) is 0 Å². The number of hydrogen-bond acceptors (Lipinski definition) is 8. The fraction of sp³-hybridized carbons (Fsp3) is 0.400. The highest BCUT2D eigenvalue weighted by molar-refractivity contribution is 5.79. The van der Waals surface area contributed by atoms with Crippen LogP contribution in [-0.2, 0) is 4.79 Å². The third-order valence-electron chi connectivity index (χ3n) is 5.08. The van der Waals surface area contributed by atoms with Crippen molar-refractivity contribution in [2.45, 2.75) is 18.8 Å². The molecular formula is C20H23N7O3.